The van der Waals surface area contributed by atoms with Crippen LogP contribution in [-0.2, 0) is 0 Å². The van der Waals surface area contributed by atoms with Crippen LogP contribution in [0.4, 0.5) is 17.6 Å². The minimum Gasteiger partial charge on any atom is -0.433 e. The molecule has 2 aromatic rings. The lowest BCUT2D eigenvalue weighted by Gasteiger charge is -2.05. The molecule has 120 valence electrons. The Balaban J connectivity index is 0.000000224. The predicted molar refractivity (Wildman–Crippen MR) is 74.3 cm³/mol. The second-order valence-corrected chi connectivity index (χ2v) is 4.49. The molecule has 0 aliphatic carbocycles. The molecule has 0 aromatic carbocycles. The average Bonchev–Trinajstić information content (AvgIpc) is 2.43. The van der Waals surface area contributed by atoms with Gasteiger partial charge in [-0.15, -0.1) is 0 Å². The van der Waals surface area contributed by atoms with E-state index in [-0.39, 0.29) is 11.3 Å². The molecule has 0 amide bonds. The molecule has 7 heteroatoms. The van der Waals surface area contributed by atoms with Crippen LogP contribution >= 0.6 is 0 Å². The molecule has 3 nitrogen and oxygen atoms in total. The molecule has 0 saturated heterocycles. The lowest BCUT2D eigenvalue weighted by atomic mass is 10.2. The van der Waals surface area contributed by atoms with Crippen LogP contribution in [-0.4, -0.2) is 16.6 Å². The molecule has 2 rings (SSSR count). The summed E-state index contributed by atoms with van der Waals surface area (Å²) in [6.45, 7) is 2.58. The maximum atomic E-state index is 11.9. The second kappa shape index (κ2) is 8.31. The van der Waals surface area contributed by atoms with E-state index in [0.29, 0.717) is 0 Å². The molecule has 0 radical (unpaired) electrons. The summed E-state index contributed by atoms with van der Waals surface area (Å²) >= 11 is 0. The molecule has 22 heavy (non-hydrogen) atoms. The van der Waals surface area contributed by atoms with Crippen molar-refractivity contribution in [2.75, 3.05) is 0 Å². The van der Waals surface area contributed by atoms with Crippen molar-refractivity contribution in [1.29, 1.82) is 0 Å². The number of alkyl halides is 4. The van der Waals surface area contributed by atoms with Crippen molar-refractivity contribution in [2.45, 2.75) is 33.8 Å². The predicted octanol–water partition coefficient (Wildman–Crippen LogP) is 4.63. The van der Waals surface area contributed by atoms with Crippen LogP contribution in [0.2, 0.25) is 0 Å². The van der Waals surface area contributed by atoms with Gasteiger partial charge in [-0.1, -0.05) is 6.07 Å². The van der Waals surface area contributed by atoms with Crippen LogP contribution in [0.1, 0.15) is 28.9 Å². The Morgan fingerprint density at radius 3 is 2.09 bits per heavy atom. The van der Waals surface area contributed by atoms with Crippen LogP contribution in [0.5, 0.6) is 5.75 Å². The van der Waals surface area contributed by atoms with Gasteiger partial charge in [0.05, 0.1) is 6.20 Å². The summed E-state index contributed by atoms with van der Waals surface area (Å²) in [7, 11) is 0. The highest BCUT2D eigenvalue weighted by atomic mass is 19.3. The third-order valence-corrected chi connectivity index (χ3v) is 2.73. The average molecular weight is 316 g/mol. The third kappa shape index (κ3) is 6.07. The van der Waals surface area contributed by atoms with Crippen LogP contribution < -0.4 is 4.74 Å². The van der Waals surface area contributed by atoms with E-state index in [1.165, 1.54) is 24.5 Å². The molecule has 2 aromatic heterocycles. The van der Waals surface area contributed by atoms with Crippen LogP contribution in [0.15, 0.2) is 30.6 Å². The summed E-state index contributed by atoms with van der Waals surface area (Å²) in [5, 5.41) is 0. The number of hydrogen-bond acceptors (Lipinski definition) is 3. The number of aromatic nitrogens is 2. The highest BCUT2D eigenvalue weighted by molar-refractivity contribution is 5.27. The highest BCUT2D eigenvalue weighted by Gasteiger charge is 2.05. The van der Waals surface area contributed by atoms with Crippen LogP contribution in [0.25, 0.3) is 0 Å². The fraction of sp³-hybridized carbons (Fsp3) is 0.333. The first-order valence-corrected chi connectivity index (χ1v) is 6.38. The molecular formula is C15H16F4N2O. The monoisotopic (exact) mass is 316 g/mol. The summed E-state index contributed by atoms with van der Waals surface area (Å²) in [6, 6.07) is 4.49. The van der Waals surface area contributed by atoms with Crippen molar-refractivity contribution >= 4 is 0 Å². The van der Waals surface area contributed by atoms with Gasteiger partial charge in [-0.3, -0.25) is 9.97 Å². The number of nitrogens with zero attached hydrogens (tertiary/aromatic N) is 2. The topological polar surface area (TPSA) is 35.0 Å². The molecule has 0 spiro atoms. The SMILES string of the molecule is Cc1cc(OC(F)F)cnc1C.Cc1ccc(C(F)F)cn1. The maximum absolute atomic E-state index is 11.9. The molecule has 0 fully saturated rings. The Bertz CT molecular complexity index is 589. The van der Waals surface area contributed by atoms with E-state index in [9.17, 15) is 17.6 Å². The molecule has 0 N–H and O–H groups in total. The first-order valence-electron chi connectivity index (χ1n) is 6.38. The van der Waals surface area contributed by atoms with Gasteiger partial charge >= 0.3 is 6.61 Å². The summed E-state index contributed by atoms with van der Waals surface area (Å²) in [6.07, 6.45) is 0.0715. The van der Waals surface area contributed by atoms with Crippen molar-refractivity contribution in [3.63, 3.8) is 0 Å². The standard InChI is InChI=1S/C8H9F2NO.C7H7F2N/c1-5-3-7(12-8(9)10)4-11-6(5)2;1-5-2-3-6(4-10-5)7(8)9/h3-4,8H,1-2H3;2-4,7H,1H3. The van der Waals surface area contributed by atoms with Gasteiger partial charge in [-0.2, -0.15) is 8.78 Å². The van der Waals surface area contributed by atoms with Crippen molar-refractivity contribution in [3.8, 4) is 5.75 Å². The lowest BCUT2D eigenvalue weighted by Crippen LogP contribution is -2.02. The Morgan fingerprint density at radius 1 is 0.955 bits per heavy atom. The van der Waals surface area contributed by atoms with Gasteiger partial charge in [-0.05, 0) is 38.5 Å². The molecular weight excluding hydrogens is 300 g/mol. The van der Waals surface area contributed by atoms with Gasteiger partial charge in [0.2, 0.25) is 0 Å². The molecule has 0 aliphatic rings. The number of aryl methyl sites for hydroxylation is 3. The van der Waals surface area contributed by atoms with Gasteiger partial charge in [0.15, 0.2) is 0 Å². The van der Waals surface area contributed by atoms with Gasteiger partial charge in [0.1, 0.15) is 5.75 Å². The van der Waals surface area contributed by atoms with Crippen molar-refractivity contribution in [1.82, 2.24) is 9.97 Å². The van der Waals surface area contributed by atoms with Crippen LogP contribution in [0.3, 0.4) is 0 Å². The molecule has 0 atom stereocenters. The largest absolute Gasteiger partial charge is 0.433 e. The summed E-state index contributed by atoms with van der Waals surface area (Å²) in [4.78, 5) is 7.59. The zero-order chi connectivity index (χ0) is 16.7. The fourth-order valence-corrected chi connectivity index (χ4v) is 1.39. The number of hydrogen-bond donors (Lipinski definition) is 0. The zero-order valence-electron chi connectivity index (χ0n) is 12.4. The quantitative estimate of drug-likeness (QED) is 0.775. The first-order chi connectivity index (χ1) is 10.3. The second-order valence-electron chi connectivity index (χ2n) is 4.49. The first kappa shape index (κ1) is 17.9. The highest BCUT2D eigenvalue weighted by Crippen LogP contribution is 2.17. The Hall–Kier alpha value is -2.18. The summed E-state index contributed by atoms with van der Waals surface area (Å²) < 4.78 is 51.3. The molecule has 0 bridgehead atoms. The van der Waals surface area contributed by atoms with E-state index in [2.05, 4.69) is 14.7 Å². The smallest absolute Gasteiger partial charge is 0.387 e. The number of halogens is 4. The van der Waals surface area contributed by atoms with Gasteiger partial charge in [0.25, 0.3) is 6.43 Å². The Kier molecular flexibility index (Phi) is 6.75. The molecule has 0 saturated carbocycles. The van der Waals surface area contributed by atoms with Gasteiger partial charge in [0, 0.05) is 23.1 Å². The van der Waals surface area contributed by atoms with Crippen molar-refractivity contribution < 1.29 is 22.3 Å². The van der Waals surface area contributed by atoms with E-state index in [0.717, 1.165) is 17.0 Å². The van der Waals surface area contributed by atoms with E-state index >= 15 is 0 Å². The zero-order valence-corrected chi connectivity index (χ0v) is 12.4. The van der Waals surface area contributed by atoms with Gasteiger partial charge < -0.3 is 4.74 Å². The number of rotatable bonds is 3. The number of pyridine rings is 2. The lowest BCUT2D eigenvalue weighted by molar-refractivity contribution is -0.0501. The fourth-order valence-electron chi connectivity index (χ4n) is 1.39. The van der Waals surface area contributed by atoms with E-state index in [4.69, 9.17) is 0 Å². The maximum Gasteiger partial charge on any atom is 0.387 e. The van der Waals surface area contributed by atoms with Crippen molar-refractivity contribution in [2.24, 2.45) is 0 Å². The van der Waals surface area contributed by atoms with E-state index < -0.39 is 13.0 Å². The summed E-state index contributed by atoms with van der Waals surface area (Å²) in [5.41, 5.74) is 2.39. The van der Waals surface area contributed by atoms with Crippen molar-refractivity contribution in [3.05, 3.63) is 53.1 Å². The minimum atomic E-state index is -2.78. The molecule has 0 unspecified atom stereocenters. The van der Waals surface area contributed by atoms with E-state index in [1.807, 2.05) is 6.92 Å². The summed E-state index contributed by atoms with van der Waals surface area (Å²) in [5.74, 6) is 0.105. The van der Waals surface area contributed by atoms with E-state index in [1.54, 1.807) is 19.9 Å². The molecule has 0 aliphatic heterocycles. The van der Waals surface area contributed by atoms with Crippen LogP contribution in [0, 0.1) is 20.8 Å². The van der Waals surface area contributed by atoms with Gasteiger partial charge in [-0.25, -0.2) is 8.78 Å². The number of ether oxygens (including phenoxy) is 1. The third-order valence-electron chi connectivity index (χ3n) is 2.73. The Labute approximate surface area is 126 Å². The minimum absolute atomic E-state index is 0.0226. The molecule has 2 heterocycles. The Morgan fingerprint density at radius 2 is 1.64 bits per heavy atom. The normalized spacial score (nSPS) is 10.4.